The van der Waals surface area contributed by atoms with Crippen LogP contribution in [0.15, 0.2) is 53.3 Å². The number of aliphatic imine (C=N–C) groups is 1. The number of allylic oxidation sites excluding steroid dienone is 1. The number of thiophene rings is 1. The van der Waals surface area contributed by atoms with E-state index in [0.717, 1.165) is 32.3 Å². The van der Waals surface area contributed by atoms with Crippen LogP contribution in [-0.4, -0.2) is 45.4 Å². The van der Waals surface area contributed by atoms with Crippen molar-refractivity contribution in [2.24, 2.45) is 10.7 Å². The highest BCUT2D eigenvalue weighted by atomic mass is 35.5. The van der Waals surface area contributed by atoms with Crippen molar-refractivity contribution in [2.75, 3.05) is 18.4 Å². The zero-order valence-electron chi connectivity index (χ0n) is 26.6. The summed E-state index contributed by atoms with van der Waals surface area (Å²) in [6.45, 7) is 7.86. The molecular formula is C35H35ClFN7O2S. The molecule has 0 unspecified atom stereocenters. The van der Waals surface area contributed by atoms with E-state index in [2.05, 4.69) is 46.5 Å². The maximum atomic E-state index is 13.5. The molecule has 0 saturated carbocycles. The minimum Gasteiger partial charge on any atom is -0.356 e. The molecule has 2 aromatic heterocycles. The number of fused-ring (bicyclic) bond motifs is 3. The summed E-state index contributed by atoms with van der Waals surface area (Å²) in [5.41, 5.74) is 11.0. The van der Waals surface area contributed by atoms with Crippen molar-refractivity contribution in [3.05, 3.63) is 97.7 Å². The number of hydrogen-bond donors (Lipinski definition) is 3. The average molecular weight is 672 g/mol. The summed E-state index contributed by atoms with van der Waals surface area (Å²) in [5.74, 6) is 6.21. The predicted molar refractivity (Wildman–Crippen MR) is 186 cm³/mol. The third-order valence-electron chi connectivity index (χ3n) is 7.66. The summed E-state index contributed by atoms with van der Waals surface area (Å²) in [4.78, 5) is 32.2. The number of nitrogens with zero attached hydrogens (tertiary/aromatic N) is 4. The maximum Gasteiger partial charge on any atom is 0.224 e. The van der Waals surface area contributed by atoms with Gasteiger partial charge >= 0.3 is 0 Å². The molecule has 1 aliphatic rings. The van der Waals surface area contributed by atoms with E-state index >= 15 is 0 Å². The number of benzene rings is 2. The zero-order chi connectivity index (χ0) is 33.7. The number of halogens is 2. The van der Waals surface area contributed by atoms with Crippen LogP contribution in [0.3, 0.4) is 0 Å². The second kappa shape index (κ2) is 14.9. The van der Waals surface area contributed by atoms with Crippen molar-refractivity contribution in [2.45, 2.75) is 53.0 Å². The van der Waals surface area contributed by atoms with Gasteiger partial charge in [0.1, 0.15) is 16.9 Å². The Morgan fingerprint density at radius 2 is 1.89 bits per heavy atom. The number of hydrogen-bond acceptors (Lipinski definition) is 7. The number of carbonyl (C=O) groups is 2. The van der Waals surface area contributed by atoms with E-state index < -0.39 is 6.04 Å². The van der Waals surface area contributed by atoms with Gasteiger partial charge in [-0.3, -0.25) is 19.1 Å². The zero-order valence-corrected chi connectivity index (χ0v) is 28.2. The van der Waals surface area contributed by atoms with Gasteiger partial charge in [-0.15, -0.1) is 21.5 Å². The highest BCUT2D eigenvalue weighted by Gasteiger charge is 2.32. The molecule has 5 rings (SSSR count). The summed E-state index contributed by atoms with van der Waals surface area (Å²) < 4.78 is 15.5. The molecule has 3 heterocycles. The fraction of sp³-hybridized carbons (Fsp3) is 0.286. The lowest BCUT2D eigenvalue weighted by Crippen LogP contribution is -2.27. The first kappa shape index (κ1) is 33.7. The molecule has 4 aromatic rings. The van der Waals surface area contributed by atoms with E-state index in [1.54, 1.807) is 29.5 Å². The number of carbonyl (C=O) groups excluding carboxylic acids is 2. The molecule has 12 heteroatoms. The van der Waals surface area contributed by atoms with E-state index in [1.165, 1.54) is 13.0 Å². The Kier molecular flexibility index (Phi) is 10.7. The second-order valence-corrected chi connectivity index (χ2v) is 12.8. The van der Waals surface area contributed by atoms with Gasteiger partial charge in [0.05, 0.1) is 24.5 Å². The molecule has 2 aromatic carbocycles. The van der Waals surface area contributed by atoms with Crippen molar-refractivity contribution in [1.29, 1.82) is 0 Å². The second-order valence-electron chi connectivity index (χ2n) is 11.1. The molecule has 242 valence electrons. The number of rotatable bonds is 9. The molecule has 2 amide bonds. The lowest BCUT2D eigenvalue weighted by Gasteiger charge is -2.13. The highest BCUT2D eigenvalue weighted by molar-refractivity contribution is 7.15. The van der Waals surface area contributed by atoms with E-state index in [4.69, 9.17) is 22.3 Å². The van der Waals surface area contributed by atoms with Gasteiger partial charge in [-0.1, -0.05) is 41.6 Å². The first-order chi connectivity index (χ1) is 22.5. The predicted octanol–water partition coefficient (Wildman–Crippen LogP) is 6.37. The molecule has 1 aliphatic heterocycles. The quantitative estimate of drug-likeness (QED) is 0.141. The van der Waals surface area contributed by atoms with Crippen molar-refractivity contribution < 1.29 is 14.0 Å². The smallest absolute Gasteiger partial charge is 0.224 e. The lowest BCUT2D eigenvalue weighted by atomic mass is 9.99. The normalized spacial score (nSPS) is 13.9. The topological polar surface area (TPSA) is 127 Å². The third-order valence-corrected chi connectivity index (χ3v) is 9.10. The van der Waals surface area contributed by atoms with Crippen LogP contribution in [0.2, 0.25) is 5.02 Å². The van der Waals surface area contributed by atoms with Gasteiger partial charge in [0.2, 0.25) is 11.8 Å². The Balaban J connectivity index is 1.25. The number of nitrogens with one attached hydrogen (secondary N) is 2. The number of nitrogens with two attached hydrogens (primary N) is 1. The first-order valence-electron chi connectivity index (χ1n) is 15.2. The van der Waals surface area contributed by atoms with Gasteiger partial charge in [-0.05, 0) is 75.6 Å². The standard InChI is InChI=1S/C35H35ClFN7O2S/c1-20(37)17-26-11-14-28(18-25(26)7-5-15-38)40-30(45)8-6-16-39-31(46)19-29-34-43-42-23(4)44(34)35-32(21(2)22(3)47-35)33(41-29)24-9-12-27(36)13-10-24/h9-14,17-18,29H,6,8,15-16,19,38H2,1-4H3,(H,39,46)(H,40,45)/b20-17+/t29-/m0/s1. The van der Waals surface area contributed by atoms with Gasteiger partial charge in [0, 0.05) is 45.2 Å². The molecular weight excluding hydrogens is 637 g/mol. The van der Waals surface area contributed by atoms with Crippen molar-refractivity contribution in [3.8, 4) is 16.8 Å². The van der Waals surface area contributed by atoms with Gasteiger partial charge in [0.25, 0.3) is 0 Å². The van der Waals surface area contributed by atoms with Gasteiger partial charge in [-0.2, -0.15) is 0 Å². The third kappa shape index (κ3) is 7.85. The van der Waals surface area contributed by atoms with Crippen molar-refractivity contribution in [3.63, 3.8) is 0 Å². The molecule has 0 fully saturated rings. The highest BCUT2D eigenvalue weighted by Crippen LogP contribution is 2.39. The lowest BCUT2D eigenvalue weighted by molar-refractivity contribution is -0.122. The van der Waals surface area contributed by atoms with Crippen LogP contribution in [-0.2, 0) is 9.59 Å². The maximum absolute atomic E-state index is 13.5. The van der Waals surface area contributed by atoms with E-state index in [0.29, 0.717) is 46.5 Å². The Bertz CT molecular complexity index is 1950. The van der Waals surface area contributed by atoms with E-state index in [-0.39, 0.29) is 37.0 Å². The number of aromatic nitrogens is 3. The van der Waals surface area contributed by atoms with Crippen LogP contribution < -0.4 is 16.4 Å². The minimum absolute atomic E-state index is 0.0557. The molecule has 0 saturated heterocycles. The monoisotopic (exact) mass is 671 g/mol. The van der Waals surface area contributed by atoms with Crippen LogP contribution in [0.1, 0.15) is 76.6 Å². The minimum atomic E-state index is -0.583. The molecule has 0 aliphatic carbocycles. The van der Waals surface area contributed by atoms with Crippen molar-refractivity contribution >= 4 is 52.2 Å². The fourth-order valence-corrected chi connectivity index (χ4v) is 6.65. The number of aryl methyl sites for hydroxylation is 2. The number of anilines is 1. The molecule has 47 heavy (non-hydrogen) atoms. The van der Waals surface area contributed by atoms with Crippen LogP contribution in [0.4, 0.5) is 10.1 Å². The van der Waals surface area contributed by atoms with Gasteiger partial charge in [-0.25, -0.2) is 4.39 Å². The van der Waals surface area contributed by atoms with Gasteiger partial charge < -0.3 is 16.4 Å². The largest absolute Gasteiger partial charge is 0.356 e. The summed E-state index contributed by atoms with van der Waals surface area (Å²) in [5, 5.41) is 16.2. The molecule has 0 radical (unpaired) electrons. The molecule has 9 nitrogen and oxygen atoms in total. The Hall–Kier alpha value is -4.63. The molecule has 0 bridgehead atoms. The first-order valence-corrected chi connectivity index (χ1v) is 16.3. The number of amides is 2. The molecule has 1 atom stereocenters. The average Bonchev–Trinajstić information content (AvgIpc) is 3.51. The molecule has 0 spiro atoms. The summed E-state index contributed by atoms with van der Waals surface area (Å²) in [7, 11) is 0. The van der Waals surface area contributed by atoms with E-state index in [9.17, 15) is 14.0 Å². The van der Waals surface area contributed by atoms with Gasteiger partial charge in [0.15, 0.2) is 5.82 Å². The summed E-state index contributed by atoms with van der Waals surface area (Å²) in [6.07, 6.45) is 2.04. The van der Waals surface area contributed by atoms with Crippen LogP contribution in [0.5, 0.6) is 0 Å². The van der Waals surface area contributed by atoms with Crippen LogP contribution in [0.25, 0.3) is 11.1 Å². The Morgan fingerprint density at radius 3 is 2.62 bits per heavy atom. The summed E-state index contributed by atoms with van der Waals surface area (Å²) >= 11 is 7.85. The van der Waals surface area contributed by atoms with Crippen LogP contribution in [0, 0.1) is 32.6 Å². The SMILES string of the molecule is C/C(F)=C\c1ccc(NC(=O)CCCNC(=O)C[C@@H]2N=C(c3ccc(Cl)cc3)c3c(sc(C)c3C)-n3c(C)nnc32)cc1C#CCN. The fourth-order valence-electron chi connectivity index (χ4n) is 5.31. The summed E-state index contributed by atoms with van der Waals surface area (Å²) in [6, 6.07) is 12.0. The Labute approximate surface area is 282 Å². The Morgan fingerprint density at radius 1 is 1.13 bits per heavy atom. The van der Waals surface area contributed by atoms with E-state index in [1.807, 2.05) is 35.8 Å². The van der Waals surface area contributed by atoms with Crippen molar-refractivity contribution in [1.82, 2.24) is 20.1 Å². The molecule has 4 N–H and O–H groups in total. The van der Waals surface area contributed by atoms with Crippen LogP contribution >= 0.6 is 22.9 Å².